The molecule has 1 aromatic rings. The van der Waals surface area contributed by atoms with Gasteiger partial charge >= 0.3 is 0 Å². The number of likely N-dealkylation sites (tertiary alicyclic amines) is 1. The van der Waals surface area contributed by atoms with E-state index >= 15 is 0 Å². The Hall–Kier alpha value is -0.640. The number of thiazole rings is 1. The summed E-state index contributed by atoms with van der Waals surface area (Å²) in [6, 6.07) is -0.217. The molecule has 2 atom stereocenters. The first kappa shape index (κ1) is 19.7. The molecule has 136 valence electrons. The van der Waals surface area contributed by atoms with E-state index in [1.54, 1.807) is 28.0 Å². The van der Waals surface area contributed by atoms with Gasteiger partial charge in [0.15, 0.2) is 0 Å². The molecule has 1 amide bonds. The van der Waals surface area contributed by atoms with E-state index in [0.29, 0.717) is 19.0 Å². The van der Waals surface area contributed by atoms with E-state index in [4.69, 9.17) is 0 Å². The molecule has 0 unspecified atom stereocenters. The maximum Gasteiger partial charge on any atom is 0.228 e. The van der Waals surface area contributed by atoms with Crippen molar-refractivity contribution in [1.82, 2.24) is 14.6 Å². The fourth-order valence-corrected chi connectivity index (χ4v) is 5.47. The molecule has 1 saturated heterocycles. The Labute approximate surface area is 152 Å². The van der Waals surface area contributed by atoms with Gasteiger partial charge in [0, 0.05) is 24.5 Å². The smallest absolute Gasteiger partial charge is 0.228 e. The van der Waals surface area contributed by atoms with Gasteiger partial charge in [0.05, 0.1) is 18.4 Å². The van der Waals surface area contributed by atoms with Crippen LogP contribution in [0.5, 0.6) is 0 Å². The van der Waals surface area contributed by atoms with Gasteiger partial charge in [-0.15, -0.1) is 11.3 Å². The molecular weight excluding hydrogens is 366 g/mol. The van der Waals surface area contributed by atoms with Crippen molar-refractivity contribution in [3.05, 3.63) is 11.1 Å². The highest BCUT2D eigenvalue weighted by molar-refractivity contribution is 8.00. The third-order valence-electron chi connectivity index (χ3n) is 4.07. The summed E-state index contributed by atoms with van der Waals surface area (Å²) in [5, 5.41) is 1.93. The van der Waals surface area contributed by atoms with Gasteiger partial charge in [-0.1, -0.05) is 32.5 Å². The first-order valence-corrected chi connectivity index (χ1v) is 11.8. The quantitative estimate of drug-likeness (QED) is 0.718. The molecule has 1 aliphatic heterocycles. The second-order valence-electron chi connectivity index (χ2n) is 6.42. The van der Waals surface area contributed by atoms with Crippen molar-refractivity contribution in [2.75, 3.05) is 25.1 Å². The maximum absolute atomic E-state index is 12.6. The summed E-state index contributed by atoms with van der Waals surface area (Å²) in [6.07, 6.45) is 1.44. The van der Waals surface area contributed by atoms with Crippen molar-refractivity contribution in [3.8, 4) is 0 Å². The Kier molecular flexibility index (Phi) is 6.69. The number of hydrogen-bond donors (Lipinski definition) is 1. The summed E-state index contributed by atoms with van der Waals surface area (Å²) in [5.74, 6) is 1.40. The summed E-state index contributed by atoms with van der Waals surface area (Å²) < 4.78 is 26.8. The number of nitrogens with one attached hydrogen (secondary N) is 1. The SMILES string of the molecule is CCSc1nc(CC(=O)N2C[C@@H](NS(C)(=O)=O)[C@H](C(C)C)C2)cs1. The second-order valence-corrected chi connectivity index (χ2v) is 10.6. The first-order valence-electron chi connectivity index (χ1n) is 8.02. The minimum absolute atomic E-state index is 0.0109. The van der Waals surface area contributed by atoms with Gasteiger partial charge in [-0.05, 0) is 17.6 Å². The van der Waals surface area contributed by atoms with Gasteiger partial charge in [-0.2, -0.15) is 0 Å². The van der Waals surface area contributed by atoms with E-state index in [0.717, 1.165) is 22.0 Å². The highest BCUT2D eigenvalue weighted by Crippen LogP contribution is 2.26. The number of rotatable bonds is 7. The normalized spacial score (nSPS) is 21.6. The predicted molar refractivity (Wildman–Crippen MR) is 98.9 cm³/mol. The summed E-state index contributed by atoms with van der Waals surface area (Å²) in [6.45, 7) is 7.20. The van der Waals surface area contributed by atoms with E-state index in [1.807, 2.05) is 5.38 Å². The van der Waals surface area contributed by atoms with Crippen LogP contribution in [0.2, 0.25) is 0 Å². The van der Waals surface area contributed by atoms with Crippen molar-refractivity contribution in [2.45, 2.75) is 37.6 Å². The fourth-order valence-electron chi connectivity index (χ4n) is 2.93. The molecule has 1 aliphatic rings. The van der Waals surface area contributed by atoms with Gasteiger partial charge in [-0.3, -0.25) is 4.79 Å². The topological polar surface area (TPSA) is 79.4 Å². The van der Waals surface area contributed by atoms with Crippen LogP contribution in [0.4, 0.5) is 0 Å². The molecule has 24 heavy (non-hydrogen) atoms. The predicted octanol–water partition coefficient (Wildman–Crippen LogP) is 1.83. The average Bonchev–Trinajstić information content (AvgIpc) is 3.04. The summed E-state index contributed by atoms with van der Waals surface area (Å²) in [5.41, 5.74) is 0.793. The third-order valence-corrected chi connectivity index (χ3v) is 6.75. The molecule has 1 aromatic heterocycles. The lowest BCUT2D eigenvalue weighted by atomic mass is 9.92. The van der Waals surface area contributed by atoms with Crippen LogP contribution in [-0.4, -0.2) is 55.3 Å². The molecular formula is C15H25N3O3S3. The molecule has 6 nitrogen and oxygen atoms in total. The van der Waals surface area contributed by atoms with Crippen LogP contribution in [0.25, 0.3) is 0 Å². The highest BCUT2D eigenvalue weighted by Gasteiger charge is 2.38. The number of thioether (sulfide) groups is 1. The Morgan fingerprint density at radius 3 is 2.79 bits per heavy atom. The third kappa shape index (κ3) is 5.44. The van der Waals surface area contributed by atoms with Crippen LogP contribution >= 0.6 is 23.1 Å². The molecule has 0 radical (unpaired) electrons. The van der Waals surface area contributed by atoms with Crippen molar-refractivity contribution >= 4 is 39.0 Å². The zero-order valence-electron chi connectivity index (χ0n) is 14.5. The number of hydrogen-bond acceptors (Lipinski definition) is 6. The van der Waals surface area contributed by atoms with Gasteiger partial charge in [0.1, 0.15) is 4.34 Å². The summed E-state index contributed by atoms with van der Waals surface area (Å²) in [7, 11) is -3.29. The summed E-state index contributed by atoms with van der Waals surface area (Å²) >= 11 is 3.23. The first-order chi connectivity index (χ1) is 11.2. The lowest BCUT2D eigenvalue weighted by Crippen LogP contribution is -2.41. The number of nitrogens with zero attached hydrogens (tertiary/aromatic N) is 2. The Bertz CT molecular complexity index is 673. The zero-order chi connectivity index (χ0) is 17.9. The van der Waals surface area contributed by atoms with Crippen LogP contribution in [0.3, 0.4) is 0 Å². The molecule has 1 fully saturated rings. The van der Waals surface area contributed by atoms with E-state index in [9.17, 15) is 13.2 Å². The molecule has 0 aromatic carbocycles. The molecule has 0 aliphatic carbocycles. The number of sulfonamides is 1. The maximum atomic E-state index is 12.6. The van der Waals surface area contributed by atoms with Crippen LogP contribution in [0.15, 0.2) is 9.72 Å². The molecule has 9 heteroatoms. The zero-order valence-corrected chi connectivity index (χ0v) is 16.9. The van der Waals surface area contributed by atoms with Crippen LogP contribution in [-0.2, 0) is 21.2 Å². The molecule has 0 saturated carbocycles. The van der Waals surface area contributed by atoms with Crippen molar-refractivity contribution in [2.24, 2.45) is 11.8 Å². The molecule has 0 bridgehead atoms. The monoisotopic (exact) mass is 391 g/mol. The number of carbonyl (C=O) groups is 1. The Morgan fingerprint density at radius 1 is 1.50 bits per heavy atom. The van der Waals surface area contributed by atoms with Crippen molar-refractivity contribution < 1.29 is 13.2 Å². The number of amides is 1. The fraction of sp³-hybridized carbons (Fsp3) is 0.733. The number of carbonyl (C=O) groups excluding carboxylic acids is 1. The standard InChI is InChI=1S/C15H25N3O3S3/c1-5-22-15-16-11(9-23-15)6-14(19)18-7-12(10(2)3)13(8-18)17-24(4,20)21/h9-10,12-13,17H,5-8H2,1-4H3/t12-,13+/m0/s1. The van der Waals surface area contributed by atoms with Gasteiger partial charge in [0.2, 0.25) is 15.9 Å². The highest BCUT2D eigenvalue weighted by atomic mass is 32.2. The molecule has 1 N–H and O–H groups in total. The van der Waals surface area contributed by atoms with E-state index in [1.165, 1.54) is 0 Å². The Morgan fingerprint density at radius 2 is 2.21 bits per heavy atom. The minimum Gasteiger partial charge on any atom is -0.340 e. The van der Waals surface area contributed by atoms with E-state index < -0.39 is 10.0 Å². The minimum atomic E-state index is -3.29. The molecule has 2 rings (SSSR count). The van der Waals surface area contributed by atoms with Crippen LogP contribution in [0.1, 0.15) is 26.5 Å². The van der Waals surface area contributed by atoms with E-state index in [-0.39, 0.29) is 24.3 Å². The van der Waals surface area contributed by atoms with Crippen LogP contribution in [0, 0.1) is 11.8 Å². The van der Waals surface area contributed by atoms with Crippen LogP contribution < -0.4 is 4.72 Å². The molecule has 2 heterocycles. The van der Waals surface area contributed by atoms with Gasteiger partial charge in [0.25, 0.3) is 0 Å². The second kappa shape index (κ2) is 8.16. The van der Waals surface area contributed by atoms with E-state index in [2.05, 4.69) is 30.5 Å². The number of aromatic nitrogens is 1. The van der Waals surface area contributed by atoms with Gasteiger partial charge < -0.3 is 4.90 Å². The van der Waals surface area contributed by atoms with Crippen molar-refractivity contribution in [3.63, 3.8) is 0 Å². The van der Waals surface area contributed by atoms with Gasteiger partial charge in [-0.25, -0.2) is 18.1 Å². The van der Waals surface area contributed by atoms with Crippen molar-refractivity contribution in [1.29, 1.82) is 0 Å². The molecule has 0 spiro atoms. The lowest BCUT2D eigenvalue weighted by Gasteiger charge is -2.21. The Balaban J connectivity index is 2.01. The largest absolute Gasteiger partial charge is 0.340 e. The summed E-state index contributed by atoms with van der Waals surface area (Å²) in [4.78, 5) is 18.8. The lowest BCUT2D eigenvalue weighted by molar-refractivity contribution is -0.129. The average molecular weight is 392 g/mol.